The highest BCUT2D eigenvalue weighted by Crippen LogP contribution is 2.41. The van der Waals surface area contributed by atoms with E-state index in [2.05, 4.69) is 9.88 Å². The number of hydrogen-bond donors (Lipinski definition) is 2. The molecule has 2 heterocycles. The molecule has 9 heteroatoms. The van der Waals surface area contributed by atoms with Crippen molar-refractivity contribution in [3.63, 3.8) is 0 Å². The third-order valence-corrected chi connectivity index (χ3v) is 7.36. The fourth-order valence-electron chi connectivity index (χ4n) is 3.76. The Bertz CT molecular complexity index is 934. The fourth-order valence-corrected chi connectivity index (χ4v) is 5.17. The first kappa shape index (κ1) is 18.0. The molecule has 4 rings (SSSR count). The molecular formula is C17H19Cl2N5OS. The van der Waals surface area contributed by atoms with Crippen LogP contribution in [0.25, 0.3) is 0 Å². The molecule has 138 valence electrons. The molecular weight excluding hydrogens is 393 g/mol. The van der Waals surface area contributed by atoms with E-state index in [0.717, 1.165) is 19.5 Å². The van der Waals surface area contributed by atoms with Crippen LogP contribution >= 0.6 is 35.0 Å². The normalized spacial score (nSPS) is 24.5. The summed E-state index contributed by atoms with van der Waals surface area (Å²) >= 11 is 13.5. The second-order valence-corrected chi connectivity index (χ2v) is 8.71. The van der Waals surface area contributed by atoms with E-state index < -0.39 is 0 Å². The largest absolute Gasteiger partial charge is 0.382 e. The Morgan fingerprint density at radius 3 is 2.77 bits per heavy atom. The average Bonchev–Trinajstić information content (AvgIpc) is 2.95. The summed E-state index contributed by atoms with van der Waals surface area (Å²) in [5, 5.41) is 0.829. The maximum Gasteiger partial charge on any atom is 0.270 e. The summed E-state index contributed by atoms with van der Waals surface area (Å²) in [4.78, 5) is 20.5. The van der Waals surface area contributed by atoms with Crippen LogP contribution in [0, 0.1) is 11.8 Å². The minimum absolute atomic E-state index is 0.197. The van der Waals surface area contributed by atoms with E-state index in [0.29, 0.717) is 37.6 Å². The minimum atomic E-state index is -0.197. The third-order valence-electron chi connectivity index (χ3n) is 5.28. The molecule has 26 heavy (non-hydrogen) atoms. The molecule has 2 fully saturated rings. The van der Waals surface area contributed by atoms with Crippen molar-refractivity contribution in [1.29, 1.82) is 0 Å². The Morgan fingerprint density at radius 1 is 1.31 bits per heavy atom. The van der Waals surface area contributed by atoms with Crippen LogP contribution in [0.5, 0.6) is 0 Å². The lowest BCUT2D eigenvalue weighted by molar-refractivity contribution is 0.194. The van der Waals surface area contributed by atoms with E-state index in [1.54, 1.807) is 29.8 Å². The zero-order valence-electron chi connectivity index (χ0n) is 14.2. The smallest absolute Gasteiger partial charge is 0.270 e. The van der Waals surface area contributed by atoms with Crippen molar-refractivity contribution in [1.82, 2.24) is 9.55 Å². The van der Waals surface area contributed by atoms with Crippen LogP contribution in [0.15, 0.2) is 32.8 Å². The quantitative estimate of drug-likeness (QED) is 0.806. The second kappa shape index (κ2) is 6.64. The van der Waals surface area contributed by atoms with Gasteiger partial charge in [0.25, 0.3) is 5.56 Å². The lowest BCUT2D eigenvalue weighted by atomic mass is 9.72. The molecule has 3 atom stereocenters. The van der Waals surface area contributed by atoms with Gasteiger partial charge in [0.2, 0.25) is 5.95 Å². The Kier molecular flexibility index (Phi) is 4.59. The highest BCUT2D eigenvalue weighted by molar-refractivity contribution is 7.99. The van der Waals surface area contributed by atoms with Crippen molar-refractivity contribution in [3.8, 4) is 0 Å². The third kappa shape index (κ3) is 2.87. The van der Waals surface area contributed by atoms with Gasteiger partial charge in [-0.2, -0.15) is 4.98 Å². The lowest BCUT2D eigenvalue weighted by Crippen LogP contribution is -2.46. The van der Waals surface area contributed by atoms with Gasteiger partial charge in [0.1, 0.15) is 10.7 Å². The van der Waals surface area contributed by atoms with Crippen LogP contribution in [0.1, 0.15) is 6.42 Å². The maximum atomic E-state index is 12.9. The molecule has 0 radical (unpaired) electrons. The zero-order valence-corrected chi connectivity index (χ0v) is 16.5. The first-order valence-electron chi connectivity index (χ1n) is 8.35. The Hall–Kier alpha value is -1.41. The number of anilines is 2. The number of nitrogens with zero attached hydrogens (tertiary/aromatic N) is 3. The molecule has 2 aromatic rings. The van der Waals surface area contributed by atoms with E-state index in [4.69, 9.17) is 34.7 Å². The van der Waals surface area contributed by atoms with Gasteiger partial charge in [-0.1, -0.05) is 41.0 Å². The minimum Gasteiger partial charge on any atom is -0.382 e. The first-order chi connectivity index (χ1) is 12.4. The van der Waals surface area contributed by atoms with Gasteiger partial charge < -0.3 is 16.4 Å². The molecule has 0 amide bonds. The summed E-state index contributed by atoms with van der Waals surface area (Å²) in [6, 6.07) is 5.52. The molecule has 1 saturated heterocycles. The standard InChI is InChI=1S/C17H19Cl2N5OS/c1-23-16(25)14(26-12-4-2-3-10(18)13(12)19)15(21)22-17(23)24-6-8-5-11(20)9(8)7-24/h2-4,8-9,11H,5-7,20-21H2,1H3. The monoisotopic (exact) mass is 411 g/mol. The summed E-state index contributed by atoms with van der Waals surface area (Å²) in [5.41, 5.74) is 12.0. The van der Waals surface area contributed by atoms with Crippen molar-refractivity contribution < 1.29 is 0 Å². The van der Waals surface area contributed by atoms with Gasteiger partial charge >= 0.3 is 0 Å². The summed E-state index contributed by atoms with van der Waals surface area (Å²) in [7, 11) is 1.72. The highest BCUT2D eigenvalue weighted by atomic mass is 35.5. The summed E-state index contributed by atoms with van der Waals surface area (Å²) < 4.78 is 1.55. The molecule has 3 unspecified atom stereocenters. The van der Waals surface area contributed by atoms with E-state index in [9.17, 15) is 4.79 Å². The molecule has 0 bridgehead atoms. The lowest BCUT2D eigenvalue weighted by Gasteiger charge is -2.35. The number of nitrogens with two attached hydrogens (primary N) is 2. The summed E-state index contributed by atoms with van der Waals surface area (Å²) in [6.45, 7) is 1.68. The van der Waals surface area contributed by atoms with Crippen molar-refractivity contribution >= 4 is 46.7 Å². The molecule has 1 saturated carbocycles. The number of halogens is 2. The van der Waals surface area contributed by atoms with Crippen LogP contribution < -0.4 is 21.9 Å². The van der Waals surface area contributed by atoms with Gasteiger partial charge in [-0.25, -0.2) is 0 Å². The number of aromatic nitrogens is 2. The SMILES string of the molecule is Cn1c(N2CC3CC(N)C3C2)nc(N)c(Sc2cccc(Cl)c2Cl)c1=O. The second-order valence-electron chi connectivity index (χ2n) is 6.87. The van der Waals surface area contributed by atoms with Crippen molar-refractivity contribution in [3.05, 3.63) is 38.6 Å². The number of nitrogen functional groups attached to an aromatic ring is 1. The predicted octanol–water partition coefficient (Wildman–Crippen LogP) is 2.60. The van der Waals surface area contributed by atoms with E-state index >= 15 is 0 Å². The van der Waals surface area contributed by atoms with Crippen LogP contribution in [0.2, 0.25) is 10.0 Å². The number of fused-ring (bicyclic) bond motifs is 1. The fraction of sp³-hybridized carbons (Fsp3) is 0.412. The molecule has 1 aliphatic carbocycles. The van der Waals surface area contributed by atoms with Crippen molar-refractivity contribution in [2.24, 2.45) is 24.6 Å². The molecule has 1 aliphatic heterocycles. The van der Waals surface area contributed by atoms with Gasteiger partial charge in [-0.3, -0.25) is 9.36 Å². The molecule has 6 nitrogen and oxygen atoms in total. The summed E-state index contributed by atoms with van der Waals surface area (Å²) in [6.07, 6.45) is 1.03. The molecule has 1 aromatic carbocycles. The maximum absolute atomic E-state index is 12.9. The van der Waals surface area contributed by atoms with Crippen LogP contribution in [-0.4, -0.2) is 28.7 Å². The van der Waals surface area contributed by atoms with Gasteiger partial charge in [-0.05, 0) is 30.4 Å². The molecule has 0 spiro atoms. The van der Waals surface area contributed by atoms with Crippen LogP contribution in [0.4, 0.5) is 11.8 Å². The van der Waals surface area contributed by atoms with Crippen molar-refractivity contribution in [2.75, 3.05) is 23.7 Å². The van der Waals surface area contributed by atoms with Gasteiger partial charge in [-0.15, -0.1) is 0 Å². The molecule has 1 aromatic heterocycles. The predicted molar refractivity (Wildman–Crippen MR) is 106 cm³/mol. The highest BCUT2D eigenvalue weighted by Gasteiger charge is 2.46. The van der Waals surface area contributed by atoms with Gasteiger partial charge in [0.15, 0.2) is 0 Å². The molecule has 2 aliphatic rings. The zero-order chi connectivity index (χ0) is 18.6. The van der Waals surface area contributed by atoms with Gasteiger partial charge in [0.05, 0.1) is 10.0 Å². The first-order valence-corrected chi connectivity index (χ1v) is 9.93. The Balaban J connectivity index is 1.67. The van der Waals surface area contributed by atoms with Crippen molar-refractivity contribution in [2.45, 2.75) is 22.3 Å². The number of hydrogen-bond acceptors (Lipinski definition) is 6. The summed E-state index contributed by atoms with van der Waals surface area (Å²) in [5.74, 6) is 1.86. The molecule has 4 N–H and O–H groups in total. The number of rotatable bonds is 3. The van der Waals surface area contributed by atoms with E-state index in [1.165, 1.54) is 11.8 Å². The number of benzene rings is 1. The van der Waals surface area contributed by atoms with E-state index in [-0.39, 0.29) is 17.4 Å². The van der Waals surface area contributed by atoms with Crippen LogP contribution in [0.3, 0.4) is 0 Å². The average molecular weight is 412 g/mol. The Labute approximate surface area is 165 Å². The van der Waals surface area contributed by atoms with Crippen LogP contribution in [-0.2, 0) is 7.05 Å². The van der Waals surface area contributed by atoms with Gasteiger partial charge in [0, 0.05) is 31.1 Å². The topological polar surface area (TPSA) is 90.2 Å². The Morgan fingerprint density at radius 2 is 2.08 bits per heavy atom. The van der Waals surface area contributed by atoms with E-state index in [1.807, 2.05) is 0 Å².